The van der Waals surface area contributed by atoms with Gasteiger partial charge in [0.15, 0.2) is 16.6 Å². The van der Waals surface area contributed by atoms with Crippen molar-refractivity contribution < 1.29 is 27.5 Å². The van der Waals surface area contributed by atoms with E-state index < -0.39 is 34.0 Å². The van der Waals surface area contributed by atoms with Crippen molar-refractivity contribution in [2.75, 3.05) is 13.1 Å². The van der Waals surface area contributed by atoms with E-state index in [1.54, 1.807) is 30.3 Å². The molecule has 202 valence electrons. The molecule has 3 atom stereocenters. The van der Waals surface area contributed by atoms with Gasteiger partial charge in [-0.3, -0.25) is 9.59 Å². The lowest BCUT2D eigenvalue weighted by molar-refractivity contribution is -0.128. The lowest BCUT2D eigenvalue weighted by Gasteiger charge is -2.26. The SMILES string of the molecule is O=C(N[C@@H](Cc1ccccc1)C(=O)C1CCCN(S(=O)(=O)c2ccccn2)CC1O)c1cc2ccccc2o1. The second-order valence-corrected chi connectivity index (χ2v) is 11.5. The van der Waals surface area contributed by atoms with Gasteiger partial charge < -0.3 is 14.8 Å². The summed E-state index contributed by atoms with van der Waals surface area (Å²) in [4.78, 5) is 31.0. The van der Waals surface area contributed by atoms with Crippen LogP contribution in [0.15, 0.2) is 94.5 Å². The summed E-state index contributed by atoms with van der Waals surface area (Å²) < 4.78 is 33.1. The highest BCUT2D eigenvalue weighted by Gasteiger charge is 2.39. The highest BCUT2D eigenvalue weighted by molar-refractivity contribution is 7.89. The molecule has 1 aliphatic heterocycles. The number of para-hydroxylation sites is 1. The smallest absolute Gasteiger partial charge is 0.287 e. The zero-order valence-electron chi connectivity index (χ0n) is 21.1. The summed E-state index contributed by atoms with van der Waals surface area (Å²) in [6, 6.07) is 21.8. The molecule has 2 unspecified atom stereocenters. The number of carbonyl (C=O) groups is 2. The zero-order chi connectivity index (χ0) is 27.4. The molecule has 9 nitrogen and oxygen atoms in total. The first-order valence-corrected chi connectivity index (χ1v) is 14.2. The molecule has 2 N–H and O–H groups in total. The van der Waals surface area contributed by atoms with E-state index in [0.29, 0.717) is 12.0 Å². The predicted molar refractivity (Wildman–Crippen MR) is 144 cm³/mol. The third-order valence-electron chi connectivity index (χ3n) is 6.97. The van der Waals surface area contributed by atoms with E-state index in [0.717, 1.165) is 10.9 Å². The summed E-state index contributed by atoms with van der Waals surface area (Å²) in [5.74, 6) is -1.68. The van der Waals surface area contributed by atoms with E-state index in [4.69, 9.17) is 4.42 Å². The Kier molecular flexibility index (Phi) is 7.87. The highest BCUT2D eigenvalue weighted by atomic mass is 32.2. The topological polar surface area (TPSA) is 130 Å². The maximum atomic E-state index is 13.8. The number of sulfonamides is 1. The number of aromatic nitrogens is 1. The minimum absolute atomic E-state index is 0.0797. The Morgan fingerprint density at radius 1 is 1.05 bits per heavy atom. The first kappa shape index (κ1) is 26.7. The van der Waals surface area contributed by atoms with Crippen molar-refractivity contribution in [3.63, 3.8) is 0 Å². The number of hydrogen-bond donors (Lipinski definition) is 2. The van der Waals surface area contributed by atoms with Gasteiger partial charge in [0.1, 0.15) is 5.58 Å². The van der Waals surface area contributed by atoms with Crippen LogP contribution < -0.4 is 5.32 Å². The van der Waals surface area contributed by atoms with Crippen molar-refractivity contribution >= 4 is 32.7 Å². The number of carbonyl (C=O) groups excluding carboxylic acids is 2. The number of aliphatic hydroxyl groups excluding tert-OH is 1. The Hall–Kier alpha value is -3.86. The fourth-order valence-electron chi connectivity index (χ4n) is 4.94. The quantitative estimate of drug-likeness (QED) is 0.347. The zero-order valence-corrected chi connectivity index (χ0v) is 22.0. The van der Waals surface area contributed by atoms with Gasteiger partial charge in [-0.15, -0.1) is 0 Å². The van der Waals surface area contributed by atoms with E-state index >= 15 is 0 Å². The molecule has 0 spiro atoms. The number of pyridine rings is 1. The largest absolute Gasteiger partial charge is 0.451 e. The third-order valence-corrected chi connectivity index (χ3v) is 8.75. The van der Waals surface area contributed by atoms with Crippen molar-refractivity contribution in [3.8, 4) is 0 Å². The number of fused-ring (bicyclic) bond motifs is 1. The number of nitrogens with one attached hydrogen (secondary N) is 1. The van der Waals surface area contributed by atoms with Crippen LogP contribution >= 0.6 is 0 Å². The first-order chi connectivity index (χ1) is 18.8. The number of rotatable bonds is 8. The minimum Gasteiger partial charge on any atom is -0.451 e. The molecule has 3 heterocycles. The molecular formula is C29H29N3O6S. The Balaban J connectivity index is 1.37. The normalized spacial score (nSPS) is 19.3. The van der Waals surface area contributed by atoms with Gasteiger partial charge in [0.25, 0.3) is 15.9 Å². The molecule has 1 fully saturated rings. The number of amides is 1. The molecule has 1 aliphatic rings. The van der Waals surface area contributed by atoms with Crippen LogP contribution in [0.4, 0.5) is 0 Å². The van der Waals surface area contributed by atoms with E-state index in [1.165, 1.54) is 16.6 Å². The number of hydrogen-bond acceptors (Lipinski definition) is 7. The van der Waals surface area contributed by atoms with Gasteiger partial charge in [0, 0.05) is 30.6 Å². The molecular weight excluding hydrogens is 518 g/mol. The van der Waals surface area contributed by atoms with Crippen molar-refractivity contribution in [2.24, 2.45) is 5.92 Å². The van der Waals surface area contributed by atoms with Gasteiger partial charge >= 0.3 is 0 Å². The summed E-state index contributed by atoms with van der Waals surface area (Å²) in [5, 5.41) is 14.6. The second-order valence-electron chi connectivity index (χ2n) is 9.61. The molecule has 2 aromatic heterocycles. The number of aliphatic hydroxyl groups is 1. The summed E-state index contributed by atoms with van der Waals surface area (Å²) in [5.41, 5.74) is 1.39. The first-order valence-electron chi connectivity index (χ1n) is 12.8. The molecule has 1 saturated heterocycles. The summed E-state index contributed by atoms with van der Waals surface area (Å²) in [6.45, 7) is -0.0979. The van der Waals surface area contributed by atoms with Crippen molar-refractivity contribution in [2.45, 2.75) is 36.4 Å². The van der Waals surface area contributed by atoms with Gasteiger partial charge in [-0.1, -0.05) is 54.6 Å². The number of Topliss-reactive ketones (excluding diaryl/α,β-unsaturated/α-hetero) is 1. The van der Waals surface area contributed by atoms with Crippen LogP contribution in [0.1, 0.15) is 29.0 Å². The monoisotopic (exact) mass is 547 g/mol. The molecule has 0 aliphatic carbocycles. The second kappa shape index (κ2) is 11.5. The molecule has 39 heavy (non-hydrogen) atoms. The van der Waals surface area contributed by atoms with Crippen molar-refractivity contribution in [1.29, 1.82) is 0 Å². The maximum Gasteiger partial charge on any atom is 0.287 e. The summed E-state index contributed by atoms with van der Waals surface area (Å²) in [6.07, 6.45) is 1.01. The van der Waals surface area contributed by atoms with Gasteiger partial charge in [-0.2, -0.15) is 4.31 Å². The van der Waals surface area contributed by atoms with Gasteiger partial charge in [0.05, 0.1) is 12.1 Å². The number of benzene rings is 2. The van der Waals surface area contributed by atoms with Crippen molar-refractivity contribution in [3.05, 3.63) is 96.4 Å². The standard InChI is InChI=1S/C29H29N3O6S/c33-24-19-32(39(36,37)27-14-6-7-15-30-27)16-8-12-22(24)28(34)23(17-20-9-2-1-3-10-20)31-29(35)26-18-21-11-4-5-13-25(21)38-26/h1-7,9-11,13-15,18,22-24,33H,8,12,16-17,19H2,(H,31,35)/t22?,23-,24?/m0/s1. The third kappa shape index (κ3) is 5.93. The van der Waals surface area contributed by atoms with Crippen LogP contribution in [0.25, 0.3) is 11.0 Å². The number of β-amino-alcohol motifs (C(OH)–C–C–N with tert-alkyl or cyclic N) is 1. The van der Waals surface area contributed by atoms with E-state index in [9.17, 15) is 23.1 Å². The van der Waals surface area contributed by atoms with Gasteiger partial charge in [-0.25, -0.2) is 13.4 Å². The van der Waals surface area contributed by atoms with Crippen LogP contribution in [0, 0.1) is 5.92 Å². The minimum atomic E-state index is -3.94. The average Bonchev–Trinajstić information content (AvgIpc) is 3.29. The van der Waals surface area contributed by atoms with Crippen LogP contribution in [0.2, 0.25) is 0 Å². The predicted octanol–water partition coefficient (Wildman–Crippen LogP) is 3.20. The molecule has 1 amide bonds. The van der Waals surface area contributed by atoms with Gasteiger partial charge in [-0.05, 0) is 49.1 Å². The molecule has 10 heteroatoms. The summed E-state index contributed by atoms with van der Waals surface area (Å²) >= 11 is 0. The lowest BCUT2D eigenvalue weighted by Crippen LogP contribution is -2.48. The van der Waals surface area contributed by atoms with E-state index in [1.807, 2.05) is 42.5 Å². The van der Waals surface area contributed by atoms with E-state index in [2.05, 4.69) is 10.3 Å². The van der Waals surface area contributed by atoms with Crippen LogP contribution in [0.3, 0.4) is 0 Å². The van der Waals surface area contributed by atoms with Gasteiger partial charge in [0.2, 0.25) is 0 Å². The molecule has 2 aromatic carbocycles. The molecule has 4 aromatic rings. The Morgan fingerprint density at radius 3 is 2.54 bits per heavy atom. The lowest BCUT2D eigenvalue weighted by atomic mass is 9.87. The van der Waals surface area contributed by atoms with Crippen LogP contribution in [-0.4, -0.2) is 59.7 Å². The summed E-state index contributed by atoms with van der Waals surface area (Å²) in [7, 11) is -3.94. The fraction of sp³-hybridized carbons (Fsp3) is 0.276. The molecule has 5 rings (SSSR count). The number of furan rings is 1. The van der Waals surface area contributed by atoms with Crippen molar-refractivity contribution in [1.82, 2.24) is 14.6 Å². The highest BCUT2D eigenvalue weighted by Crippen LogP contribution is 2.26. The van der Waals surface area contributed by atoms with E-state index in [-0.39, 0.29) is 42.5 Å². The Labute approximate surface area is 226 Å². The fourth-order valence-corrected chi connectivity index (χ4v) is 6.37. The average molecular weight is 548 g/mol. The van der Waals surface area contributed by atoms with Crippen LogP contribution in [0.5, 0.6) is 0 Å². The Bertz CT molecular complexity index is 1520. The molecule has 0 bridgehead atoms. The number of nitrogens with zero attached hydrogens (tertiary/aromatic N) is 2. The molecule has 0 saturated carbocycles. The molecule has 0 radical (unpaired) electrons. The number of ketones is 1. The maximum absolute atomic E-state index is 13.8. The Morgan fingerprint density at radius 2 is 1.79 bits per heavy atom. The van der Waals surface area contributed by atoms with Crippen LogP contribution in [-0.2, 0) is 21.2 Å².